The summed E-state index contributed by atoms with van der Waals surface area (Å²) in [5, 5.41) is 15.3. The molecule has 0 unspecified atom stereocenters. The summed E-state index contributed by atoms with van der Waals surface area (Å²) in [5.41, 5.74) is 4.42. The smallest absolute Gasteiger partial charge is 0.307 e. The van der Waals surface area contributed by atoms with Gasteiger partial charge in [0.25, 0.3) is 5.69 Å². The highest BCUT2D eigenvalue weighted by atomic mass is 16.6. The van der Waals surface area contributed by atoms with E-state index in [9.17, 15) is 14.9 Å². The molecule has 1 amide bonds. The van der Waals surface area contributed by atoms with Gasteiger partial charge in [-0.1, -0.05) is 42.5 Å². The molecule has 8 nitrogen and oxygen atoms in total. The summed E-state index contributed by atoms with van der Waals surface area (Å²) in [6.45, 7) is 0.406. The zero-order valence-electron chi connectivity index (χ0n) is 16.2. The van der Waals surface area contributed by atoms with Gasteiger partial charge in [-0.2, -0.15) is 5.10 Å². The minimum absolute atomic E-state index is 0.00117. The van der Waals surface area contributed by atoms with Crippen LogP contribution in [0.3, 0.4) is 0 Å². The van der Waals surface area contributed by atoms with Crippen LogP contribution in [0.5, 0.6) is 5.75 Å². The Labute approximate surface area is 176 Å². The predicted octanol–water partition coefficient (Wildman–Crippen LogP) is 4.68. The Bertz CT molecular complexity index is 1260. The summed E-state index contributed by atoms with van der Waals surface area (Å²) >= 11 is 0. The molecule has 31 heavy (non-hydrogen) atoms. The molecule has 0 atom stereocenters. The van der Waals surface area contributed by atoms with Crippen molar-refractivity contribution in [3.63, 3.8) is 0 Å². The normalized spacial score (nSPS) is 11.0. The lowest BCUT2D eigenvalue weighted by Gasteiger charge is -2.08. The highest BCUT2D eigenvalue weighted by Crippen LogP contribution is 2.24. The number of nitrogens with zero attached hydrogens (tertiary/aromatic N) is 2. The second kappa shape index (κ2) is 8.91. The Hall–Kier alpha value is -4.46. The molecule has 0 spiro atoms. The van der Waals surface area contributed by atoms with Crippen molar-refractivity contribution in [1.29, 1.82) is 0 Å². The summed E-state index contributed by atoms with van der Waals surface area (Å²) in [5.74, 6) is 0.0550. The van der Waals surface area contributed by atoms with Crippen LogP contribution >= 0.6 is 0 Å². The molecule has 0 aliphatic heterocycles. The predicted molar refractivity (Wildman–Crippen MR) is 115 cm³/mol. The van der Waals surface area contributed by atoms with Gasteiger partial charge in [0.1, 0.15) is 17.9 Å². The molecule has 8 heteroatoms. The molecule has 0 saturated carbocycles. The van der Waals surface area contributed by atoms with Crippen molar-refractivity contribution >= 4 is 28.8 Å². The zero-order chi connectivity index (χ0) is 21.6. The third-order valence-corrected chi connectivity index (χ3v) is 4.46. The van der Waals surface area contributed by atoms with Gasteiger partial charge in [0, 0.05) is 23.1 Å². The Morgan fingerprint density at radius 2 is 1.84 bits per heavy atom. The van der Waals surface area contributed by atoms with E-state index < -0.39 is 10.8 Å². The first-order valence-electron chi connectivity index (χ1n) is 9.37. The van der Waals surface area contributed by atoms with Gasteiger partial charge in [0.05, 0.1) is 11.1 Å². The fourth-order valence-corrected chi connectivity index (χ4v) is 2.93. The largest absolute Gasteiger partial charge is 0.488 e. The molecule has 4 aromatic rings. The number of amides is 1. The highest BCUT2D eigenvalue weighted by Gasteiger charge is 2.14. The maximum absolute atomic E-state index is 12.3. The van der Waals surface area contributed by atoms with E-state index in [4.69, 9.17) is 9.15 Å². The van der Waals surface area contributed by atoms with Gasteiger partial charge in [-0.3, -0.25) is 14.9 Å². The molecule has 0 aliphatic rings. The van der Waals surface area contributed by atoms with Crippen LogP contribution in [0.2, 0.25) is 0 Å². The van der Waals surface area contributed by atoms with Crippen LogP contribution in [0.25, 0.3) is 11.0 Å². The topological polar surface area (TPSA) is 107 Å². The average Bonchev–Trinajstić information content (AvgIpc) is 3.22. The number of hydrazone groups is 1. The van der Waals surface area contributed by atoms with Crippen LogP contribution in [-0.4, -0.2) is 17.0 Å². The lowest BCUT2D eigenvalue weighted by molar-refractivity contribution is -0.384. The lowest BCUT2D eigenvalue weighted by Crippen LogP contribution is -2.16. The van der Waals surface area contributed by atoms with E-state index in [0.717, 1.165) is 5.56 Å². The van der Waals surface area contributed by atoms with Crippen LogP contribution in [-0.2, 0) is 6.61 Å². The van der Waals surface area contributed by atoms with E-state index in [2.05, 4.69) is 10.5 Å². The first-order valence-corrected chi connectivity index (χ1v) is 9.37. The monoisotopic (exact) mass is 415 g/mol. The molecule has 1 aromatic heterocycles. The fourth-order valence-electron chi connectivity index (χ4n) is 2.93. The molecule has 1 heterocycles. The second-order valence-electron chi connectivity index (χ2n) is 6.60. The maximum Gasteiger partial charge on any atom is 0.307 e. The number of rotatable bonds is 7. The van der Waals surface area contributed by atoms with Crippen LogP contribution in [0.4, 0.5) is 5.69 Å². The number of para-hydroxylation sites is 1. The molecule has 154 valence electrons. The number of benzene rings is 3. The number of hydrogen-bond acceptors (Lipinski definition) is 6. The van der Waals surface area contributed by atoms with E-state index in [0.29, 0.717) is 28.9 Å². The first kappa shape index (κ1) is 19.8. The summed E-state index contributed by atoms with van der Waals surface area (Å²) in [6, 6.07) is 22.6. The van der Waals surface area contributed by atoms with Gasteiger partial charge >= 0.3 is 5.91 Å². The molecule has 3 aromatic carbocycles. The van der Waals surface area contributed by atoms with Crippen molar-refractivity contribution in [2.24, 2.45) is 5.10 Å². The van der Waals surface area contributed by atoms with Crippen LogP contribution in [0, 0.1) is 10.1 Å². The minimum atomic E-state index is -0.571. The Balaban J connectivity index is 1.43. The molecule has 1 N–H and O–H groups in total. The summed E-state index contributed by atoms with van der Waals surface area (Å²) in [6.07, 6.45) is 1.48. The number of carbonyl (C=O) groups excluding carboxylic acids is 1. The van der Waals surface area contributed by atoms with Gasteiger partial charge in [-0.15, -0.1) is 0 Å². The third kappa shape index (κ3) is 4.76. The highest BCUT2D eigenvalue weighted by molar-refractivity contribution is 5.97. The van der Waals surface area contributed by atoms with E-state index in [1.165, 1.54) is 30.5 Å². The molecule has 0 aliphatic carbocycles. The van der Waals surface area contributed by atoms with Gasteiger partial charge in [-0.25, -0.2) is 5.43 Å². The molecule has 0 fully saturated rings. The Morgan fingerprint density at radius 3 is 2.65 bits per heavy atom. The number of nitro groups is 1. The van der Waals surface area contributed by atoms with Gasteiger partial charge in [-0.05, 0) is 29.8 Å². The Morgan fingerprint density at radius 1 is 1.06 bits per heavy atom. The lowest BCUT2D eigenvalue weighted by atomic mass is 10.2. The quantitative estimate of drug-likeness (QED) is 0.268. The number of hydrogen-bond donors (Lipinski definition) is 1. The fraction of sp³-hybridized carbons (Fsp3) is 0.0435. The third-order valence-electron chi connectivity index (χ3n) is 4.46. The average molecular weight is 415 g/mol. The maximum atomic E-state index is 12.3. The van der Waals surface area contributed by atoms with Crippen molar-refractivity contribution < 1.29 is 18.9 Å². The van der Waals surface area contributed by atoms with E-state index in [1.54, 1.807) is 0 Å². The SMILES string of the molecule is O=C(N/N=C/c1ccccc1OCc1ccccc1)c1cc2cc([N+](=O)[O-])ccc2o1. The number of non-ortho nitro benzene ring substituents is 1. The number of ether oxygens (including phenoxy) is 1. The molecule has 0 saturated heterocycles. The second-order valence-corrected chi connectivity index (χ2v) is 6.60. The van der Waals surface area contributed by atoms with Crippen LogP contribution in [0.1, 0.15) is 21.7 Å². The molecule has 0 radical (unpaired) electrons. The van der Waals surface area contributed by atoms with E-state index >= 15 is 0 Å². The summed E-state index contributed by atoms with van der Waals surface area (Å²) in [7, 11) is 0. The van der Waals surface area contributed by atoms with E-state index in [1.807, 2.05) is 54.6 Å². The summed E-state index contributed by atoms with van der Waals surface area (Å²) < 4.78 is 11.3. The van der Waals surface area contributed by atoms with Crippen LogP contribution < -0.4 is 10.2 Å². The molecular weight excluding hydrogens is 398 g/mol. The van der Waals surface area contributed by atoms with Crippen LogP contribution in [0.15, 0.2) is 88.4 Å². The van der Waals surface area contributed by atoms with Gasteiger partial charge in [0.15, 0.2) is 5.76 Å². The van der Waals surface area contributed by atoms with Crippen molar-refractivity contribution in [3.8, 4) is 5.75 Å². The molecular formula is C23H17N3O5. The van der Waals surface area contributed by atoms with Crippen molar-refractivity contribution in [1.82, 2.24) is 5.43 Å². The number of carbonyl (C=O) groups is 1. The zero-order valence-corrected chi connectivity index (χ0v) is 16.2. The van der Waals surface area contributed by atoms with Crippen molar-refractivity contribution in [2.45, 2.75) is 6.61 Å². The molecule has 0 bridgehead atoms. The van der Waals surface area contributed by atoms with E-state index in [-0.39, 0.29) is 11.4 Å². The number of nitrogens with one attached hydrogen (secondary N) is 1. The van der Waals surface area contributed by atoms with Gasteiger partial charge in [0.2, 0.25) is 0 Å². The summed E-state index contributed by atoms with van der Waals surface area (Å²) in [4.78, 5) is 22.7. The number of furan rings is 1. The number of fused-ring (bicyclic) bond motifs is 1. The number of nitro benzene ring substituents is 1. The van der Waals surface area contributed by atoms with Crippen molar-refractivity contribution in [2.75, 3.05) is 0 Å². The first-order chi connectivity index (χ1) is 15.1. The molecule has 4 rings (SSSR count). The standard InChI is InChI=1S/C23H17N3O5/c27-23(22-13-18-12-19(26(28)29)10-11-21(18)31-22)25-24-14-17-8-4-5-9-20(17)30-15-16-6-2-1-3-7-16/h1-14H,15H2,(H,25,27)/b24-14+. The minimum Gasteiger partial charge on any atom is -0.488 e. The Kier molecular flexibility index (Phi) is 5.70. The van der Waals surface area contributed by atoms with Crippen molar-refractivity contribution in [3.05, 3.63) is 106 Å². The van der Waals surface area contributed by atoms with Gasteiger partial charge < -0.3 is 9.15 Å².